The molecule has 0 aliphatic carbocycles. The molecule has 3 aromatic rings. The van der Waals surface area contributed by atoms with Gasteiger partial charge >= 0.3 is 0 Å². The first-order valence-electron chi connectivity index (χ1n) is 6.35. The van der Waals surface area contributed by atoms with Gasteiger partial charge in [0, 0.05) is 11.5 Å². The number of rotatable bonds is 5. The van der Waals surface area contributed by atoms with E-state index in [0.29, 0.717) is 13.0 Å². The maximum atomic E-state index is 10.9. The van der Waals surface area contributed by atoms with Crippen molar-refractivity contribution in [1.29, 1.82) is 0 Å². The van der Waals surface area contributed by atoms with E-state index in [1.165, 1.54) is 0 Å². The summed E-state index contributed by atoms with van der Waals surface area (Å²) < 4.78 is 29.8. The average molecular weight is 342 g/mol. The van der Waals surface area contributed by atoms with E-state index in [0.717, 1.165) is 31.1 Å². The number of thiazole rings is 1. The molecule has 0 aliphatic heterocycles. The van der Waals surface area contributed by atoms with Crippen molar-refractivity contribution < 1.29 is 13.2 Å². The van der Waals surface area contributed by atoms with E-state index in [-0.39, 0.29) is 5.75 Å². The lowest BCUT2D eigenvalue weighted by molar-refractivity contribution is 0.322. The van der Waals surface area contributed by atoms with E-state index in [4.69, 9.17) is 9.88 Å². The summed E-state index contributed by atoms with van der Waals surface area (Å²) in [7, 11) is -3.43. The van der Waals surface area contributed by atoms with Crippen LogP contribution in [0.4, 0.5) is 0 Å². The largest absolute Gasteiger partial charge is 0.493 e. The molecule has 112 valence electrons. The second-order valence-electron chi connectivity index (χ2n) is 4.69. The molecule has 5 nitrogen and oxygen atoms in total. The van der Waals surface area contributed by atoms with Crippen LogP contribution in [0, 0.1) is 6.92 Å². The molecule has 1 aromatic carbocycles. The first-order chi connectivity index (χ1) is 9.94. The van der Waals surface area contributed by atoms with Gasteiger partial charge in [-0.2, -0.15) is 0 Å². The molecule has 3 rings (SSSR count). The van der Waals surface area contributed by atoms with Gasteiger partial charge in [0.2, 0.25) is 10.0 Å². The molecule has 0 fully saturated rings. The Kier molecular flexibility index (Phi) is 3.87. The van der Waals surface area contributed by atoms with Gasteiger partial charge in [-0.25, -0.2) is 18.5 Å². The quantitative estimate of drug-likeness (QED) is 0.723. The number of hydrogen-bond acceptors (Lipinski definition) is 6. The molecule has 0 radical (unpaired) electrons. The number of hydrogen-bond donors (Lipinski definition) is 1. The monoisotopic (exact) mass is 342 g/mol. The predicted octanol–water partition coefficient (Wildman–Crippen LogP) is 2.88. The van der Waals surface area contributed by atoms with Gasteiger partial charge in [0.1, 0.15) is 5.75 Å². The lowest BCUT2D eigenvalue weighted by Gasteiger charge is -2.07. The van der Waals surface area contributed by atoms with Crippen molar-refractivity contribution in [2.75, 3.05) is 12.4 Å². The summed E-state index contributed by atoms with van der Waals surface area (Å²) in [5.74, 6) is 0.707. The Morgan fingerprint density at radius 1 is 1.43 bits per heavy atom. The van der Waals surface area contributed by atoms with E-state index in [9.17, 15) is 8.42 Å². The van der Waals surface area contributed by atoms with Crippen LogP contribution in [0.5, 0.6) is 5.75 Å². The zero-order chi connectivity index (χ0) is 15.0. The van der Waals surface area contributed by atoms with Crippen molar-refractivity contribution in [2.45, 2.75) is 13.3 Å². The molecule has 2 heterocycles. The van der Waals surface area contributed by atoms with Gasteiger partial charge in [0.15, 0.2) is 0 Å². The van der Waals surface area contributed by atoms with E-state index >= 15 is 0 Å². The lowest BCUT2D eigenvalue weighted by Crippen LogP contribution is -2.18. The van der Waals surface area contributed by atoms with Crippen molar-refractivity contribution in [3.63, 3.8) is 0 Å². The van der Waals surface area contributed by atoms with Crippen molar-refractivity contribution in [2.24, 2.45) is 5.14 Å². The van der Waals surface area contributed by atoms with Gasteiger partial charge in [-0.05, 0) is 24.8 Å². The molecule has 0 aliphatic rings. The second kappa shape index (κ2) is 5.53. The number of nitrogens with zero attached hydrogens (tertiary/aromatic N) is 1. The number of primary sulfonamides is 1. The van der Waals surface area contributed by atoms with Gasteiger partial charge in [-0.3, -0.25) is 0 Å². The molecular weight excluding hydrogens is 328 g/mol. The lowest BCUT2D eigenvalue weighted by atomic mass is 10.2. The number of nitrogens with two attached hydrogens (primary N) is 1. The summed E-state index contributed by atoms with van der Waals surface area (Å²) >= 11 is 3.26. The maximum absolute atomic E-state index is 10.9. The third kappa shape index (κ3) is 3.18. The number of fused-ring (bicyclic) bond motifs is 3. The molecule has 0 bridgehead atoms. The Morgan fingerprint density at radius 2 is 2.24 bits per heavy atom. The van der Waals surface area contributed by atoms with E-state index in [1.807, 2.05) is 24.4 Å². The molecular formula is C13H14N2O3S3. The Hall–Kier alpha value is -1.22. The zero-order valence-corrected chi connectivity index (χ0v) is 13.8. The molecule has 2 N–H and O–H groups in total. The average Bonchev–Trinajstić information content (AvgIpc) is 2.98. The number of sulfonamides is 1. The van der Waals surface area contributed by atoms with Crippen LogP contribution in [-0.4, -0.2) is 25.8 Å². The van der Waals surface area contributed by atoms with E-state index in [2.05, 4.69) is 4.98 Å². The third-order valence-corrected chi connectivity index (χ3v) is 5.70. The molecule has 0 saturated heterocycles. The number of aromatic nitrogens is 1. The Morgan fingerprint density at radius 3 is 3.00 bits per heavy atom. The molecule has 0 saturated carbocycles. The number of aryl methyl sites for hydroxylation is 1. The van der Waals surface area contributed by atoms with Crippen LogP contribution < -0.4 is 9.88 Å². The fraction of sp³-hybridized carbons (Fsp3) is 0.308. The van der Waals surface area contributed by atoms with Crippen LogP contribution in [0.15, 0.2) is 17.5 Å². The summed E-state index contributed by atoms with van der Waals surface area (Å²) in [5, 5.41) is 9.03. The molecule has 0 unspecified atom stereocenters. The van der Waals surface area contributed by atoms with E-state index < -0.39 is 10.0 Å². The number of thiophene rings is 1. The normalized spacial score (nSPS) is 12.3. The molecule has 0 spiro atoms. The van der Waals surface area contributed by atoms with Gasteiger partial charge in [-0.15, -0.1) is 22.7 Å². The number of benzene rings is 1. The van der Waals surface area contributed by atoms with Crippen LogP contribution in [0.1, 0.15) is 11.4 Å². The second-order valence-corrected chi connectivity index (χ2v) is 8.57. The highest BCUT2D eigenvalue weighted by Crippen LogP contribution is 2.38. The van der Waals surface area contributed by atoms with Gasteiger partial charge in [0.05, 0.1) is 32.3 Å². The predicted molar refractivity (Wildman–Crippen MR) is 87.8 cm³/mol. The van der Waals surface area contributed by atoms with E-state index in [1.54, 1.807) is 22.7 Å². The topological polar surface area (TPSA) is 82.3 Å². The van der Waals surface area contributed by atoms with Gasteiger partial charge < -0.3 is 4.74 Å². The van der Waals surface area contributed by atoms with Crippen LogP contribution in [-0.2, 0) is 10.0 Å². The maximum Gasteiger partial charge on any atom is 0.209 e. The molecule has 2 aromatic heterocycles. The number of ether oxygens (including phenoxy) is 1. The molecule has 0 atom stereocenters. The van der Waals surface area contributed by atoms with Crippen LogP contribution in [0.2, 0.25) is 0 Å². The minimum atomic E-state index is -3.43. The fourth-order valence-corrected chi connectivity index (χ4v) is 4.50. The van der Waals surface area contributed by atoms with Crippen LogP contribution in [0.25, 0.3) is 20.3 Å². The van der Waals surface area contributed by atoms with Crippen molar-refractivity contribution in [3.05, 3.63) is 22.5 Å². The Balaban J connectivity index is 1.88. The van der Waals surface area contributed by atoms with Crippen molar-refractivity contribution in [3.8, 4) is 5.75 Å². The highest BCUT2D eigenvalue weighted by molar-refractivity contribution is 7.89. The fourth-order valence-electron chi connectivity index (χ4n) is 2.15. The third-order valence-electron chi connectivity index (χ3n) is 3.00. The summed E-state index contributed by atoms with van der Waals surface area (Å²) in [4.78, 5) is 4.56. The Labute approximate surface area is 130 Å². The first-order valence-corrected chi connectivity index (χ1v) is 9.76. The summed E-state index contributed by atoms with van der Waals surface area (Å²) in [6.07, 6.45) is 0.379. The smallest absolute Gasteiger partial charge is 0.209 e. The SMILES string of the molecule is Cc1nc2c(cc(OCCCS(N)(=O)=O)c3ccsc32)s1. The minimum absolute atomic E-state index is 0.0678. The van der Waals surface area contributed by atoms with Crippen molar-refractivity contribution in [1.82, 2.24) is 4.98 Å². The molecule has 21 heavy (non-hydrogen) atoms. The Bertz CT molecular complexity index is 896. The summed E-state index contributed by atoms with van der Waals surface area (Å²) in [5.41, 5.74) is 1.01. The van der Waals surface area contributed by atoms with Gasteiger partial charge in [0.25, 0.3) is 0 Å². The first kappa shape index (κ1) is 14.7. The minimum Gasteiger partial charge on any atom is -0.493 e. The highest BCUT2D eigenvalue weighted by Gasteiger charge is 2.12. The van der Waals surface area contributed by atoms with Gasteiger partial charge in [-0.1, -0.05) is 0 Å². The van der Waals surface area contributed by atoms with Crippen LogP contribution >= 0.6 is 22.7 Å². The van der Waals surface area contributed by atoms with Crippen LogP contribution in [0.3, 0.4) is 0 Å². The molecule has 8 heteroatoms. The summed E-state index contributed by atoms with van der Waals surface area (Å²) in [6, 6.07) is 3.98. The standard InChI is InChI=1S/C13H14N2O3S3/c1-8-15-12-11(20-8)7-10(9-3-5-19-13(9)12)18-4-2-6-21(14,16)17/h3,5,7H,2,4,6H2,1H3,(H2,14,16,17). The zero-order valence-electron chi connectivity index (χ0n) is 11.3. The highest BCUT2D eigenvalue weighted by atomic mass is 32.2. The van der Waals surface area contributed by atoms with Crippen molar-refractivity contribution >= 4 is 53.0 Å². The summed E-state index contributed by atoms with van der Waals surface area (Å²) in [6.45, 7) is 2.31. The molecule has 0 amide bonds.